The molecule has 1 N–H and O–H groups in total. The van der Waals surface area contributed by atoms with Gasteiger partial charge in [0.05, 0.1) is 0 Å². The quantitative estimate of drug-likeness (QED) is 0.802. The van der Waals surface area contributed by atoms with Crippen LogP contribution in [0, 0.1) is 0 Å². The maximum absolute atomic E-state index is 3.82. The van der Waals surface area contributed by atoms with Crippen LogP contribution in [-0.4, -0.2) is 61.2 Å². The Bertz CT molecular complexity index is 281. The molecule has 1 atom stereocenters. The van der Waals surface area contributed by atoms with E-state index in [0.717, 1.165) is 12.1 Å². The van der Waals surface area contributed by atoms with Gasteiger partial charge in [0.15, 0.2) is 0 Å². The molecule has 0 spiro atoms. The predicted octanol–water partition coefficient (Wildman–Crippen LogP) is 1.69. The van der Waals surface area contributed by atoms with Crippen LogP contribution in [0.5, 0.6) is 0 Å². The van der Waals surface area contributed by atoms with Crippen molar-refractivity contribution in [3.05, 3.63) is 0 Å². The van der Waals surface area contributed by atoms with E-state index in [4.69, 9.17) is 0 Å². The average Bonchev–Trinajstić information content (AvgIpc) is 3.07. The highest BCUT2D eigenvalue weighted by molar-refractivity contribution is 4.99. The fourth-order valence-electron chi connectivity index (χ4n) is 3.67. The van der Waals surface area contributed by atoms with E-state index >= 15 is 0 Å². The van der Waals surface area contributed by atoms with Crippen molar-refractivity contribution >= 4 is 0 Å². The van der Waals surface area contributed by atoms with Gasteiger partial charge in [-0.25, -0.2) is 0 Å². The Kier molecular flexibility index (Phi) is 3.65. The van der Waals surface area contributed by atoms with Gasteiger partial charge in [0.1, 0.15) is 0 Å². The first-order valence-corrected chi connectivity index (χ1v) is 7.84. The van der Waals surface area contributed by atoms with Crippen molar-refractivity contribution in [2.24, 2.45) is 0 Å². The van der Waals surface area contributed by atoms with Gasteiger partial charge in [0.25, 0.3) is 0 Å². The Balaban J connectivity index is 1.51. The van der Waals surface area contributed by atoms with Crippen LogP contribution < -0.4 is 5.32 Å². The smallest absolute Gasteiger partial charge is 0.0330 e. The molecule has 1 heterocycles. The number of likely N-dealkylation sites (N-methyl/N-ethyl adjacent to an activating group) is 1. The maximum atomic E-state index is 3.82. The average molecular weight is 251 g/mol. The molecule has 0 bridgehead atoms. The van der Waals surface area contributed by atoms with E-state index < -0.39 is 0 Å². The fraction of sp³-hybridized carbons (Fsp3) is 1.00. The molecule has 3 nitrogen and oxygen atoms in total. The second kappa shape index (κ2) is 5.10. The number of hydrogen-bond acceptors (Lipinski definition) is 3. The summed E-state index contributed by atoms with van der Waals surface area (Å²) >= 11 is 0. The van der Waals surface area contributed by atoms with Crippen LogP contribution >= 0.6 is 0 Å². The highest BCUT2D eigenvalue weighted by Gasteiger charge is 2.41. The molecule has 0 aromatic heterocycles. The van der Waals surface area contributed by atoms with Crippen LogP contribution in [0.2, 0.25) is 0 Å². The first-order chi connectivity index (χ1) is 8.68. The third-order valence-corrected chi connectivity index (χ3v) is 5.31. The Labute approximate surface area is 112 Å². The van der Waals surface area contributed by atoms with Gasteiger partial charge in [-0.3, -0.25) is 4.90 Å². The number of likely N-dealkylation sites (tertiary alicyclic amines) is 1. The zero-order valence-corrected chi connectivity index (χ0v) is 12.1. The Morgan fingerprint density at radius 2 is 1.89 bits per heavy atom. The molecular weight excluding hydrogens is 222 g/mol. The Morgan fingerprint density at radius 3 is 2.44 bits per heavy atom. The van der Waals surface area contributed by atoms with Crippen molar-refractivity contribution in [2.45, 2.75) is 62.6 Å². The number of hydrogen-bond donors (Lipinski definition) is 1. The monoisotopic (exact) mass is 251 g/mol. The molecule has 3 heteroatoms. The van der Waals surface area contributed by atoms with Crippen LogP contribution in [0.4, 0.5) is 0 Å². The fourth-order valence-corrected chi connectivity index (χ4v) is 3.67. The molecular formula is C15H29N3. The van der Waals surface area contributed by atoms with Crippen molar-refractivity contribution in [3.63, 3.8) is 0 Å². The lowest BCUT2D eigenvalue weighted by atomic mass is 9.75. The molecule has 0 aromatic rings. The molecule has 1 unspecified atom stereocenters. The minimum absolute atomic E-state index is 0.501. The molecule has 3 aliphatic rings. The summed E-state index contributed by atoms with van der Waals surface area (Å²) in [6, 6.07) is 1.63. The third kappa shape index (κ3) is 2.73. The van der Waals surface area contributed by atoms with Crippen molar-refractivity contribution in [1.29, 1.82) is 0 Å². The highest BCUT2D eigenvalue weighted by Crippen LogP contribution is 2.37. The van der Waals surface area contributed by atoms with Crippen molar-refractivity contribution < 1.29 is 0 Å². The highest BCUT2D eigenvalue weighted by atomic mass is 15.3. The van der Waals surface area contributed by atoms with Crippen molar-refractivity contribution in [3.8, 4) is 0 Å². The lowest BCUT2D eigenvalue weighted by Gasteiger charge is -2.51. The SMILES string of the molecule is CN(C)C1(CN2CCCC(NC3CC3)C2)CCC1. The topological polar surface area (TPSA) is 18.5 Å². The summed E-state index contributed by atoms with van der Waals surface area (Å²) in [7, 11) is 4.53. The van der Waals surface area contributed by atoms with E-state index in [1.807, 2.05) is 0 Å². The molecule has 1 aliphatic heterocycles. The largest absolute Gasteiger partial charge is 0.310 e. The van der Waals surface area contributed by atoms with Gasteiger partial charge in [-0.15, -0.1) is 0 Å². The van der Waals surface area contributed by atoms with E-state index in [-0.39, 0.29) is 0 Å². The van der Waals surface area contributed by atoms with E-state index in [0.29, 0.717) is 5.54 Å². The minimum Gasteiger partial charge on any atom is -0.310 e. The zero-order chi connectivity index (χ0) is 12.6. The first kappa shape index (κ1) is 12.9. The molecule has 3 rings (SSSR count). The van der Waals surface area contributed by atoms with Crippen LogP contribution in [0.1, 0.15) is 44.9 Å². The maximum Gasteiger partial charge on any atom is 0.0330 e. The molecule has 0 amide bonds. The zero-order valence-electron chi connectivity index (χ0n) is 12.1. The van der Waals surface area contributed by atoms with Gasteiger partial charge < -0.3 is 10.2 Å². The normalized spacial score (nSPS) is 32.5. The molecule has 18 heavy (non-hydrogen) atoms. The van der Waals surface area contributed by atoms with Gasteiger partial charge in [-0.1, -0.05) is 0 Å². The van der Waals surface area contributed by atoms with Gasteiger partial charge in [-0.05, 0) is 65.6 Å². The standard InChI is InChI=1S/C15H29N3/c1-17(2)15(8-4-9-15)12-18-10-3-5-14(11-18)16-13-6-7-13/h13-14,16H,3-12H2,1-2H3. The molecule has 3 fully saturated rings. The molecule has 0 aromatic carbocycles. The van der Waals surface area contributed by atoms with Gasteiger partial charge in [-0.2, -0.15) is 0 Å². The van der Waals surface area contributed by atoms with E-state index in [2.05, 4.69) is 29.2 Å². The van der Waals surface area contributed by atoms with Gasteiger partial charge >= 0.3 is 0 Å². The number of nitrogens with one attached hydrogen (secondary N) is 1. The summed E-state index contributed by atoms with van der Waals surface area (Å²) in [4.78, 5) is 5.21. The number of nitrogens with zero attached hydrogens (tertiary/aromatic N) is 2. The molecule has 2 saturated carbocycles. The second-order valence-electron chi connectivity index (χ2n) is 6.99. The molecule has 0 radical (unpaired) electrons. The lowest BCUT2D eigenvalue weighted by Crippen LogP contribution is -2.59. The summed E-state index contributed by atoms with van der Waals surface area (Å²) in [5, 5.41) is 3.82. The van der Waals surface area contributed by atoms with Crippen LogP contribution in [0.25, 0.3) is 0 Å². The summed E-state index contributed by atoms with van der Waals surface area (Å²) in [6.45, 7) is 3.90. The summed E-state index contributed by atoms with van der Waals surface area (Å²) in [5.74, 6) is 0. The summed E-state index contributed by atoms with van der Waals surface area (Å²) < 4.78 is 0. The van der Waals surface area contributed by atoms with Crippen LogP contribution in [-0.2, 0) is 0 Å². The summed E-state index contributed by atoms with van der Waals surface area (Å²) in [6.07, 6.45) is 9.83. The Morgan fingerprint density at radius 1 is 1.11 bits per heavy atom. The molecule has 104 valence electrons. The minimum atomic E-state index is 0.501. The van der Waals surface area contributed by atoms with Gasteiger partial charge in [0.2, 0.25) is 0 Å². The first-order valence-electron chi connectivity index (χ1n) is 7.84. The summed E-state index contributed by atoms with van der Waals surface area (Å²) in [5.41, 5.74) is 0.501. The molecule has 2 aliphatic carbocycles. The van der Waals surface area contributed by atoms with Crippen LogP contribution in [0.3, 0.4) is 0 Å². The Hall–Kier alpha value is -0.120. The lowest BCUT2D eigenvalue weighted by molar-refractivity contribution is 0.0111. The number of rotatable bonds is 5. The predicted molar refractivity (Wildman–Crippen MR) is 75.9 cm³/mol. The van der Waals surface area contributed by atoms with E-state index in [1.54, 1.807) is 0 Å². The van der Waals surface area contributed by atoms with Crippen LogP contribution in [0.15, 0.2) is 0 Å². The molecule has 1 saturated heterocycles. The van der Waals surface area contributed by atoms with Gasteiger partial charge in [0, 0.05) is 30.7 Å². The number of piperidine rings is 1. The van der Waals surface area contributed by atoms with E-state index in [1.165, 1.54) is 64.6 Å². The third-order valence-electron chi connectivity index (χ3n) is 5.31. The van der Waals surface area contributed by atoms with Crippen molar-refractivity contribution in [1.82, 2.24) is 15.1 Å². The second-order valence-corrected chi connectivity index (χ2v) is 6.99. The van der Waals surface area contributed by atoms with Crippen molar-refractivity contribution in [2.75, 3.05) is 33.7 Å². The van der Waals surface area contributed by atoms with E-state index in [9.17, 15) is 0 Å².